The van der Waals surface area contributed by atoms with Gasteiger partial charge in [0.1, 0.15) is 16.5 Å². The molecule has 1 aromatic heterocycles. The molecule has 2 heterocycles. The molecular formula is C15H16FN3O3. The number of para-hydroxylation sites is 1. The van der Waals surface area contributed by atoms with Gasteiger partial charge in [-0.05, 0) is 18.2 Å². The lowest BCUT2D eigenvalue weighted by molar-refractivity contribution is -0.402. The van der Waals surface area contributed by atoms with E-state index in [0.29, 0.717) is 31.1 Å². The second-order valence-electron chi connectivity index (χ2n) is 5.21. The summed E-state index contributed by atoms with van der Waals surface area (Å²) < 4.78 is 18.9. The molecule has 0 atom stereocenters. The third kappa shape index (κ3) is 3.09. The van der Waals surface area contributed by atoms with Crippen molar-refractivity contribution in [2.75, 3.05) is 31.1 Å². The Morgan fingerprint density at radius 2 is 1.86 bits per heavy atom. The quantitative estimate of drug-likeness (QED) is 0.642. The van der Waals surface area contributed by atoms with Crippen LogP contribution < -0.4 is 4.90 Å². The number of benzene rings is 1. The minimum absolute atomic E-state index is 0.211. The van der Waals surface area contributed by atoms with Crippen LogP contribution in [0.5, 0.6) is 0 Å². The van der Waals surface area contributed by atoms with E-state index >= 15 is 0 Å². The fourth-order valence-electron chi connectivity index (χ4n) is 2.63. The van der Waals surface area contributed by atoms with Gasteiger partial charge in [-0.2, -0.15) is 0 Å². The lowest BCUT2D eigenvalue weighted by Gasteiger charge is -2.35. The summed E-state index contributed by atoms with van der Waals surface area (Å²) in [5.41, 5.74) is 0.621. The van der Waals surface area contributed by atoms with Crippen LogP contribution in [0.25, 0.3) is 0 Å². The highest BCUT2D eigenvalue weighted by molar-refractivity contribution is 5.48. The molecule has 3 rings (SSSR count). The van der Waals surface area contributed by atoms with Gasteiger partial charge in [-0.3, -0.25) is 15.0 Å². The molecule has 1 aliphatic heterocycles. The molecule has 2 aromatic rings. The van der Waals surface area contributed by atoms with Gasteiger partial charge in [-0.1, -0.05) is 12.1 Å². The van der Waals surface area contributed by atoms with Gasteiger partial charge >= 0.3 is 5.88 Å². The Balaban J connectivity index is 1.57. The lowest BCUT2D eigenvalue weighted by atomic mass is 10.2. The number of anilines is 1. The van der Waals surface area contributed by atoms with Crippen LogP contribution in [0.15, 0.2) is 40.8 Å². The van der Waals surface area contributed by atoms with E-state index in [-0.39, 0.29) is 11.7 Å². The number of rotatable bonds is 4. The molecule has 1 fully saturated rings. The highest BCUT2D eigenvalue weighted by atomic mass is 19.1. The molecule has 1 aliphatic rings. The molecule has 1 saturated heterocycles. The van der Waals surface area contributed by atoms with Crippen molar-refractivity contribution in [2.24, 2.45) is 0 Å². The van der Waals surface area contributed by atoms with E-state index in [4.69, 9.17) is 4.42 Å². The summed E-state index contributed by atoms with van der Waals surface area (Å²) in [4.78, 5) is 14.2. The number of furan rings is 1. The third-order valence-corrected chi connectivity index (χ3v) is 3.77. The summed E-state index contributed by atoms with van der Waals surface area (Å²) in [6.45, 7) is 3.46. The van der Waals surface area contributed by atoms with Crippen LogP contribution in [0.3, 0.4) is 0 Å². The van der Waals surface area contributed by atoms with E-state index < -0.39 is 4.92 Å². The Morgan fingerprint density at radius 1 is 1.14 bits per heavy atom. The van der Waals surface area contributed by atoms with Gasteiger partial charge in [0, 0.05) is 26.2 Å². The van der Waals surface area contributed by atoms with Crippen molar-refractivity contribution in [3.05, 3.63) is 58.1 Å². The highest BCUT2D eigenvalue weighted by Crippen LogP contribution is 2.22. The number of nitro groups is 1. The van der Waals surface area contributed by atoms with E-state index in [9.17, 15) is 14.5 Å². The van der Waals surface area contributed by atoms with Gasteiger partial charge in [0.2, 0.25) is 0 Å². The van der Waals surface area contributed by atoms with E-state index in [1.165, 1.54) is 12.1 Å². The first-order chi connectivity index (χ1) is 10.6. The maximum absolute atomic E-state index is 13.8. The molecule has 0 aliphatic carbocycles. The maximum Gasteiger partial charge on any atom is 0.433 e. The highest BCUT2D eigenvalue weighted by Gasteiger charge is 2.21. The van der Waals surface area contributed by atoms with Crippen LogP contribution in [0.1, 0.15) is 5.76 Å². The van der Waals surface area contributed by atoms with Gasteiger partial charge in [0.25, 0.3) is 0 Å². The van der Waals surface area contributed by atoms with Gasteiger partial charge in [0.05, 0.1) is 18.3 Å². The van der Waals surface area contributed by atoms with Gasteiger partial charge in [0.15, 0.2) is 0 Å². The second kappa shape index (κ2) is 6.15. The third-order valence-electron chi connectivity index (χ3n) is 3.77. The van der Waals surface area contributed by atoms with Crippen LogP contribution in [0.2, 0.25) is 0 Å². The predicted molar refractivity (Wildman–Crippen MR) is 79.3 cm³/mol. The Morgan fingerprint density at radius 3 is 2.50 bits per heavy atom. The number of piperazine rings is 1. The van der Waals surface area contributed by atoms with Crippen LogP contribution in [-0.4, -0.2) is 36.0 Å². The number of hydrogen-bond donors (Lipinski definition) is 0. The summed E-state index contributed by atoms with van der Waals surface area (Å²) in [6.07, 6.45) is 0. The minimum Gasteiger partial charge on any atom is -0.404 e. The van der Waals surface area contributed by atoms with Crippen molar-refractivity contribution >= 4 is 11.6 Å². The zero-order chi connectivity index (χ0) is 15.5. The summed E-state index contributed by atoms with van der Waals surface area (Å²) in [5, 5.41) is 10.6. The zero-order valence-electron chi connectivity index (χ0n) is 11.9. The summed E-state index contributed by atoms with van der Waals surface area (Å²) in [7, 11) is 0. The number of hydrogen-bond acceptors (Lipinski definition) is 5. The van der Waals surface area contributed by atoms with Crippen molar-refractivity contribution < 1.29 is 13.7 Å². The number of halogens is 1. The van der Waals surface area contributed by atoms with E-state index in [0.717, 1.165) is 13.1 Å². The smallest absolute Gasteiger partial charge is 0.404 e. The van der Waals surface area contributed by atoms with Crippen LogP contribution in [0.4, 0.5) is 16.0 Å². The first-order valence-electron chi connectivity index (χ1n) is 7.08. The molecule has 22 heavy (non-hydrogen) atoms. The van der Waals surface area contributed by atoms with Crippen molar-refractivity contribution in [1.29, 1.82) is 0 Å². The molecule has 0 unspecified atom stereocenters. The molecule has 1 aromatic carbocycles. The largest absolute Gasteiger partial charge is 0.433 e. The molecule has 116 valence electrons. The Bertz CT molecular complexity index is 666. The standard InChI is InChI=1S/C15H16FN3O3/c16-13-3-1-2-4-14(13)18-9-7-17(8-10-18)11-12-5-6-15(22-12)19(20)21/h1-6H,7-11H2. The summed E-state index contributed by atoms with van der Waals surface area (Å²) >= 11 is 0. The van der Waals surface area contributed by atoms with Crippen molar-refractivity contribution in [3.8, 4) is 0 Å². The average Bonchev–Trinajstić information content (AvgIpc) is 2.98. The molecular weight excluding hydrogens is 289 g/mol. The Kier molecular flexibility index (Phi) is 4.06. The van der Waals surface area contributed by atoms with Crippen molar-refractivity contribution in [3.63, 3.8) is 0 Å². The Hall–Kier alpha value is -2.41. The maximum atomic E-state index is 13.8. The van der Waals surface area contributed by atoms with Gasteiger partial charge < -0.3 is 9.32 Å². The lowest BCUT2D eigenvalue weighted by Crippen LogP contribution is -2.46. The van der Waals surface area contributed by atoms with Crippen molar-refractivity contribution in [1.82, 2.24) is 4.90 Å². The molecule has 0 spiro atoms. The predicted octanol–water partition coefficient (Wildman–Crippen LogP) is 2.65. The molecule has 6 nitrogen and oxygen atoms in total. The molecule has 0 radical (unpaired) electrons. The van der Waals surface area contributed by atoms with E-state index in [1.807, 2.05) is 11.0 Å². The SMILES string of the molecule is O=[N+]([O-])c1ccc(CN2CCN(c3ccccc3F)CC2)o1. The summed E-state index contributed by atoms with van der Waals surface area (Å²) in [6, 6.07) is 9.74. The van der Waals surface area contributed by atoms with E-state index in [2.05, 4.69) is 4.90 Å². The molecule has 0 saturated carbocycles. The monoisotopic (exact) mass is 305 g/mol. The average molecular weight is 305 g/mol. The van der Waals surface area contributed by atoms with E-state index in [1.54, 1.807) is 18.2 Å². The summed E-state index contributed by atoms with van der Waals surface area (Å²) in [5.74, 6) is 0.128. The molecule has 7 heteroatoms. The first-order valence-corrected chi connectivity index (χ1v) is 7.08. The van der Waals surface area contributed by atoms with Crippen LogP contribution in [-0.2, 0) is 6.54 Å². The van der Waals surface area contributed by atoms with Crippen molar-refractivity contribution in [2.45, 2.75) is 6.54 Å². The minimum atomic E-state index is -0.542. The van der Waals surface area contributed by atoms with Crippen LogP contribution >= 0.6 is 0 Å². The number of nitrogens with zero attached hydrogens (tertiary/aromatic N) is 3. The Labute approximate surface area is 126 Å². The van der Waals surface area contributed by atoms with Gasteiger partial charge in [-0.15, -0.1) is 0 Å². The molecule has 0 N–H and O–H groups in total. The molecule has 0 bridgehead atoms. The normalized spacial score (nSPS) is 16.0. The topological polar surface area (TPSA) is 62.8 Å². The second-order valence-corrected chi connectivity index (χ2v) is 5.21. The first kappa shape index (κ1) is 14.5. The fourth-order valence-corrected chi connectivity index (χ4v) is 2.63. The fraction of sp³-hybridized carbons (Fsp3) is 0.333. The zero-order valence-corrected chi connectivity index (χ0v) is 11.9. The van der Waals surface area contributed by atoms with Gasteiger partial charge in [-0.25, -0.2) is 4.39 Å². The molecule has 0 amide bonds. The van der Waals surface area contributed by atoms with Crippen LogP contribution in [0, 0.1) is 15.9 Å².